The lowest BCUT2D eigenvalue weighted by atomic mass is 10.1. The molecule has 0 radical (unpaired) electrons. The van der Waals surface area contributed by atoms with E-state index in [1.165, 1.54) is 12.8 Å². The number of anilines is 2. The van der Waals surface area contributed by atoms with Crippen molar-refractivity contribution >= 4 is 51.0 Å². The molecule has 0 aromatic carbocycles. The molecular formula is C22H26IN8+. The van der Waals surface area contributed by atoms with Crippen LogP contribution >= 0.6 is 22.6 Å². The molecule has 0 atom stereocenters. The summed E-state index contributed by atoms with van der Waals surface area (Å²) in [5, 5.41) is 12.2. The third-order valence-electron chi connectivity index (χ3n) is 6.09. The van der Waals surface area contributed by atoms with Crippen molar-refractivity contribution in [1.29, 1.82) is 5.41 Å². The highest BCUT2D eigenvalue weighted by atomic mass is 127. The van der Waals surface area contributed by atoms with Gasteiger partial charge in [-0.3, -0.25) is 5.41 Å². The molecule has 1 aliphatic carbocycles. The van der Waals surface area contributed by atoms with E-state index < -0.39 is 0 Å². The number of hydrogen-bond donors (Lipinski definition) is 4. The van der Waals surface area contributed by atoms with Crippen molar-refractivity contribution in [3.63, 3.8) is 0 Å². The first kappa shape index (κ1) is 20.4. The van der Waals surface area contributed by atoms with Crippen LogP contribution in [0.5, 0.6) is 0 Å². The standard InChI is InChI=1S/C22H25IN8/c1-14(21-26-11-15(10-23)28-21)8-17(24)18-9-19(25)31-12-16(2-3-20(31)29-18)30-7-6-27-22(13-30)4-5-22/h2-3,8-9,11-12,25,27H,4-7,10,13H2,1H3,(H2,24,26,28)/p+1. The molecule has 0 unspecified atom stereocenters. The van der Waals surface area contributed by atoms with Crippen molar-refractivity contribution in [2.24, 2.45) is 0 Å². The molecule has 8 nitrogen and oxygen atoms in total. The predicted molar refractivity (Wildman–Crippen MR) is 131 cm³/mol. The van der Waals surface area contributed by atoms with Gasteiger partial charge >= 0.3 is 0 Å². The zero-order valence-electron chi connectivity index (χ0n) is 17.5. The number of fused-ring (bicyclic) bond motifs is 1. The Hall–Kier alpha value is -2.53. The van der Waals surface area contributed by atoms with Gasteiger partial charge < -0.3 is 20.9 Å². The van der Waals surface area contributed by atoms with Crippen molar-refractivity contribution in [2.75, 3.05) is 30.3 Å². The first-order chi connectivity index (χ1) is 15.0. The summed E-state index contributed by atoms with van der Waals surface area (Å²) in [6.45, 7) is 4.97. The van der Waals surface area contributed by atoms with Gasteiger partial charge in [-0.05, 0) is 37.5 Å². The van der Waals surface area contributed by atoms with Crippen LogP contribution in [0.25, 0.3) is 11.2 Å². The quantitative estimate of drug-likeness (QED) is 0.176. The lowest BCUT2D eigenvalue weighted by Gasteiger charge is -2.35. The van der Waals surface area contributed by atoms with Crippen LogP contribution in [0, 0.1) is 5.41 Å². The Morgan fingerprint density at radius 2 is 2.26 bits per heavy atom. The maximum Gasteiger partial charge on any atom is 0.268 e. The number of imidazole rings is 1. The van der Waals surface area contributed by atoms with Gasteiger partial charge in [0.05, 0.1) is 23.7 Å². The number of alkyl halides is 1. The van der Waals surface area contributed by atoms with Crippen LogP contribution < -0.4 is 20.4 Å². The third kappa shape index (κ3) is 4.03. The van der Waals surface area contributed by atoms with E-state index in [4.69, 9.17) is 11.1 Å². The average molecular weight is 529 g/mol. The number of piperazine rings is 1. The van der Waals surface area contributed by atoms with E-state index in [1.54, 1.807) is 12.1 Å². The zero-order chi connectivity index (χ0) is 21.6. The number of aromatic amines is 1. The van der Waals surface area contributed by atoms with Crippen LogP contribution in [0.15, 0.2) is 36.7 Å². The molecule has 1 saturated carbocycles. The lowest BCUT2D eigenvalue weighted by Crippen LogP contribution is -2.52. The first-order valence-electron chi connectivity index (χ1n) is 10.5. The van der Waals surface area contributed by atoms with Crippen molar-refractivity contribution in [1.82, 2.24) is 20.3 Å². The van der Waals surface area contributed by atoms with Gasteiger partial charge in [0.1, 0.15) is 5.82 Å². The maximum atomic E-state index is 8.52. The minimum atomic E-state index is 0.306. The molecular weight excluding hydrogens is 503 g/mol. The lowest BCUT2D eigenvalue weighted by molar-refractivity contribution is -0.497. The minimum absolute atomic E-state index is 0.306. The molecule has 2 fully saturated rings. The SMILES string of the molecule is C/C(=C/C(=N)c1cc(N)[n+]2cc(N3CCNC4(CC4)C3)ccc2n1)c1ncc(CI)[nH]1. The van der Waals surface area contributed by atoms with Crippen LogP contribution in [0.3, 0.4) is 0 Å². The molecule has 1 spiro atoms. The van der Waals surface area contributed by atoms with E-state index in [0.717, 1.165) is 52.5 Å². The van der Waals surface area contributed by atoms with Crippen LogP contribution in [-0.4, -0.2) is 45.8 Å². The van der Waals surface area contributed by atoms with Gasteiger partial charge in [0.2, 0.25) is 5.82 Å². The molecule has 9 heteroatoms. The predicted octanol–water partition coefficient (Wildman–Crippen LogP) is 2.47. The van der Waals surface area contributed by atoms with Gasteiger partial charge in [0.15, 0.2) is 5.69 Å². The van der Waals surface area contributed by atoms with Gasteiger partial charge in [-0.2, -0.15) is 0 Å². The number of nitrogens with two attached hydrogens (primary N) is 1. The van der Waals surface area contributed by atoms with Gasteiger partial charge in [0.25, 0.3) is 5.65 Å². The number of pyridine rings is 1. The molecule has 160 valence electrons. The van der Waals surface area contributed by atoms with E-state index in [9.17, 15) is 0 Å². The fourth-order valence-electron chi connectivity index (χ4n) is 4.12. The van der Waals surface area contributed by atoms with Gasteiger partial charge in [0, 0.05) is 47.6 Å². The van der Waals surface area contributed by atoms with Crippen LogP contribution in [-0.2, 0) is 4.43 Å². The summed E-state index contributed by atoms with van der Waals surface area (Å²) in [4.78, 5) is 14.8. The molecule has 5 N–H and O–H groups in total. The Morgan fingerprint density at radius 1 is 1.42 bits per heavy atom. The second-order valence-corrected chi connectivity index (χ2v) is 9.20. The Bertz CT molecular complexity index is 1190. The summed E-state index contributed by atoms with van der Waals surface area (Å²) >= 11 is 2.29. The van der Waals surface area contributed by atoms with Gasteiger partial charge in [-0.1, -0.05) is 22.6 Å². The van der Waals surface area contributed by atoms with E-state index in [-0.39, 0.29) is 0 Å². The number of rotatable bonds is 5. The number of H-pyrrole nitrogens is 1. The number of hydrogen-bond acceptors (Lipinski definition) is 6. The Morgan fingerprint density at radius 3 is 3.00 bits per heavy atom. The molecule has 2 aliphatic rings. The van der Waals surface area contributed by atoms with Crippen LogP contribution in [0.4, 0.5) is 11.5 Å². The molecule has 1 saturated heterocycles. The highest BCUT2D eigenvalue weighted by molar-refractivity contribution is 14.1. The van der Waals surface area contributed by atoms with Crippen molar-refractivity contribution in [3.8, 4) is 0 Å². The fourth-order valence-corrected chi connectivity index (χ4v) is 4.51. The Kier molecular flexibility index (Phi) is 5.17. The number of nitrogens with zero attached hydrogens (tertiary/aromatic N) is 4. The maximum absolute atomic E-state index is 8.52. The molecule has 5 rings (SSSR count). The van der Waals surface area contributed by atoms with E-state index in [2.05, 4.69) is 60.0 Å². The molecule has 3 aromatic heterocycles. The zero-order valence-corrected chi connectivity index (χ0v) is 19.6. The van der Waals surface area contributed by atoms with Gasteiger partial charge in [-0.25, -0.2) is 9.38 Å². The van der Waals surface area contributed by atoms with Crippen molar-refractivity contribution < 1.29 is 4.40 Å². The summed E-state index contributed by atoms with van der Waals surface area (Å²) in [7, 11) is 0. The number of halogens is 1. The summed E-state index contributed by atoms with van der Waals surface area (Å²) in [5.41, 5.74) is 11.4. The Labute approximate surface area is 194 Å². The molecule has 0 bridgehead atoms. The summed E-state index contributed by atoms with van der Waals surface area (Å²) in [6, 6.07) is 5.85. The highest BCUT2D eigenvalue weighted by Crippen LogP contribution is 2.38. The summed E-state index contributed by atoms with van der Waals surface area (Å²) in [6.07, 6.45) is 8.17. The molecule has 4 heterocycles. The number of nitrogens with one attached hydrogen (secondary N) is 3. The highest BCUT2D eigenvalue weighted by Gasteiger charge is 2.45. The van der Waals surface area contributed by atoms with Crippen molar-refractivity contribution in [3.05, 3.63) is 53.9 Å². The third-order valence-corrected chi connectivity index (χ3v) is 6.91. The first-order valence-corrected chi connectivity index (χ1v) is 12.0. The Balaban J connectivity index is 1.41. The van der Waals surface area contributed by atoms with E-state index in [1.807, 2.05) is 23.6 Å². The molecule has 3 aromatic rings. The second-order valence-electron chi connectivity index (χ2n) is 8.44. The smallest absolute Gasteiger partial charge is 0.268 e. The fraction of sp³-hybridized carbons (Fsp3) is 0.364. The van der Waals surface area contributed by atoms with E-state index in [0.29, 0.717) is 22.8 Å². The van der Waals surface area contributed by atoms with Crippen LogP contribution in [0.2, 0.25) is 0 Å². The molecule has 1 aliphatic heterocycles. The summed E-state index contributed by atoms with van der Waals surface area (Å²) < 4.78 is 2.77. The number of aromatic nitrogens is 4. The normalized spacial score (nSPS) is 18.0. The van der Waals surface area contributed by atoms with Crippen LogP contribution in [0.1, 0.15) is 37.0 Å². The minimum Gasteiger partial charge on any atom is -0.366 e. The van der Waals surface area contributed by atoms with Crippen molar-refractivity contribution in [2.45, 2.75) is 29.7 Å². The molecule has 31 heavy (non-hydrogen) atoms. The largest absolute Gasteiger partial charge is 0.366 e. The van der Waals surface area contributed by atoms with Gasteiger partial charge in [-0.15, -0.1) is 4.98 Å². The molecule has 0 amide bonds. The monoisotopic (exact) mass is 529 g/mol. The van der Waals surface area contributed by atoms with E-state index >= 15 is 0 Å². The average Bonchev–Trinajstić information content (AvgIpc) is 3.33. The topological polar surface area (TPSA) is 111 Å². The summed E-state index contributed by atoms with van der Waals surface area (Å²) in [5.74, 6) is 1.34. The number of allylic oxidation sites excluding steroid dienone is 2. The number of nitrogen functional groups attached to an aromatic ring is 1. The second kappa shape index (κ2) is 7.86.